The maximum absolute atomic E-state index is 6.24. The van der Waals surface area contributed by atoms with Crippen LogP contribution in [0.15, 0.2) is 71.6 Å². The second-order valence-electron chi connectivity index (χ2n) is 7.47. The molecule has 0 saturated heterocycles. The Morgan fingerprint density at radius 1 is 0.903 bits per heavy atom. The summed E-state index contributed by atoms with van der Waals surface area (Å²) in [4.78, 5) is 6.21. The first-order valence-corrected chi connectivity index (χ1v) is 12.2. The van der Waals surface area contributed by atoms with Crippen molar-refractivity contribution in [1.29, 1.82) is 0 Å². The van der Waals surface area contributed by atoms with E-state index in [-0.39, 0.29) is 0 Å². The minimum absolute atomic E-state index is 0.676. The highest BCUT2D eigenvalue weighted by Crippen LogP contribution is 2.26. The number of nitrogens with one attached hydrogen (secondary N) is 1. The first-order chi connectivity index (χ1) is 15.1. The van der Waals surface area contributed by atoms with Crippen molar-refractivity contribution in [2.45, 2.75) is 37.9 Å². The van der Waals surface area contributed by atoms with Gasteiger partial charge < -0.3 is 9.88 Å². The first kappa shape index (κ1) is 22.2. The van der Waals surface area contributed by atoms with E-state index in [0.29, 0.717) is 6.54 Å². The average molecular weight is 470 g/mol. The average Bonchev–Trinajstić information content (AvgIpc) is 3.10. The number of hydrogen-bond donors (Lipinski definition) is 1. The maximum atomic E-state index is 6.24. The molecule has 0 fully saturated rings. The molecule has 0 bridgehead atoms. The van der Waals surface area contributed by atoms with Gasteiger partial charge in [0.1, 0.15) is 5.82 Å². The Morgan fingerprint density at radius 2 is 1.74 bits per heavy atom. The Kier molecular flexibility index (Phi) is 7.57. The predicted octanol–water partition coefficient (Wildman–Crippen LogP) is 7.18. The van der Waals surface area contributed by atoms with E-state index in [1.807, 2.05) is 54.2 Å². The van der Waals surface area contributed by atoms with E-state index in [4.69, 9.17) is 28.2 Å². The summed E-state index contributed by atoms with van der Waals surface area (Å²) in [6.45, 7) is 4.38. The molecular formula is C25H25Cl2N3S. The van der Waals surface area contributed by atoms with Gasteiger partial charge in [-0.2, -0.15) is 0 Å². The van der Waals surface area contributed by atoms with Crippen LogP contribution >= 0.6 is 35.0 Å². The quantitative estimate of drug-likeness (QED) is 0.263. The van der Waals surface area contributed by atoms with Crippen molar-refractivity contribution in [3.8, 4) is 0 Å². The lowest BCUT2D eigenvalue weighted by Gasteiger charge is -2.11. The summed E-state index contributed by atoms with van der Waals surface area (Å²) < 4.78 is 2.30. The predicted molar refractivity (Wildman–Crippen MR) is 133 cm³/mol. The van der Waals surface area contributed by atoms with Crippen LogP contribution in [0.4, 0.5) is 0 Å². The van der Waals surface area contributed by atoms with Gasteiger partial charge in [0.25, 0.3) is 0 Å². The highest BCUT2D eigenvalue weighted by Gasteiger charge is 2.12. The largest absolute Gasteiger partial charge is 0.322 e. The van der Waals surface area contributed by atoms with Gasteiger partial charge in [-0.25, -0.2) is 4.98 Å². The van der Waals surface area contributed by atoms with Crippen LogP contribution in [-0.4, -0.2) is 15.3 Å². The van der Waals surface area contributed by atoms with Crippen LogP contribution in [0.25, 0.3) is 11.0 Å². The van der Waals surface area contributed by atoms with Crippen molar-refractivity contribution < 1.29 is 0 Å². The van der Waals surface area contributed by atoms with Gasteiger partial charge >= 0.3 is 0 Å². The van der Waals surface area contributed by atoms with Gasteiger partial charge in [0, 0.05) is 28.0 Å². The molecule has 160 valence electrons. The molecule has 0 aliphatic heterocycles. The maximum Gasteiger partial charge on any atom is 0.124 e. The summed E-state index contributed by atoms with van der Waals surface area (Å²) in [5, 5.41) is 5.03. The first-order valence-electron chi connectivity index (χ1n) is 10.4. The van der Waals surface area contributed by atoms with E-state index in [1.165, 1.54) is 10.5 Å². The third-order valence-corrected chi connectivity index (χ3v) is 6.71. The monoisotopic (exact) mass is 469 g/mol. The number of imidazole rings is 1. The number of fused-ring (bicyclic) bond motifs is 1. The van der Waals surface area contributed by atoms with Gasteiger partial charge in [-0.3, -0.25) is 0 Å². The zero-order valence-corrected chi connectivity index (χ0v) is 19.8. The van der Waals surface area contributed by atoms with Crippen LogP contribution < -0.4 is 5.32 Å². The fourth-order valence-corrected chi connectivity index (χ4v) is 4.65. The molecule has 0 amide bonds. The number of halogens is 2. The SMILES string of the molecule is CCCSc1ccc2nc(CNCc3ccc(Cl)cc3)n(Cc3cccc(Cl)c3)c2c1. The zero-order chi connectivity index (χ0) is 21.6. The van der Waals surface area contributed by atoms with E-state index < -0.39 is 0 Å². The fourth-order valence-electron chi connectivity index (χ4n) is 3.51. The molecule has 3 aromatic carbocycles. The van der Waals surface area contributed by atoms with E-state index in [9.17, 15) is 0 Å². The standard InChI is InChI=1S/C25H25Cl2N3S/c1-2-12-31-22-10-11-23-24(14-22)30(17-19-4-3-5-21(27)13-19)25(29-23)16-28-15-18-6-8-20(26)9-7-18/h3-11,13-14,28H,2,12,15-17H2,1H3. The summed E-state index contributed by atoms with van der Waals surface area (Å²) in [7, 11) is 0. The Labute approximate surface area is 197 Å². The molecule has 4 rings (SSSR count). The third kappa shape index (κ3) is 5.83. The zero-order valence-electron chi connectivity index (χ0n) is 17.4. The molecule has 1 heterocycles. The number of aromatic nitrogens is 2. The molecule has 31 heavy (non-hydrogen) atoms. The van der Waals surface area contributed by atoms with Gasteiger partial charge in [0.05, 0.1) is 17.6 Å². The molecular weight excluding hydrogens is 445 g/mol. The highest BCUT2D eigenvalue weighted by molar-refractivity contribution is 7.99. The number of benzene rings is 3. The molecule has 0 atom stereocenters. The van der Waals surface area contributed by atoms with Gasteiger partial charge in [0.2, 0.25) is 0 Å². The topological polar surface area (TPSA) is 29.9 Å². The van der Waals surface area contributed by atoms with E-state index >= 15 is 0 Å². The normalized spacial score (nSPS) is 11.3. The Hall–Kier alpha value is -1.98. The van der Waals surface area contributed by atoms with Crippen molar-refractivity contribution in [3.63, 3.8) is 0 Å². The fraction of sp³-hybridized carbons (Fsp3) is 0.240. The lowest BCUT2D eigenvalue weighted by Crippen LogP contribution is -2.17. The van der Waals surface area contributed by atoms with Gasteiger partial charge in [-0.15, -0.1) is 11.8 Å². The van der Waals surface area contributed by atoms with Crippen LogP contribution in [0.3, 0.4) is 0 Å². The van der Waals surface area contributed by atoms with Crippen molar-refractivity contribution in [3.05, 3.63) is 93.7 Å². The van der Waals surface area contributed by atoms with E-state index in [0.717, 1.165) is 57.7 Å². The molecule has 4 aromatic rings. The summed E-state index contributed by atoms with van der Waals surface area (Å²) in [5.74, 6) is 2.13. The summed E-state index contributed by atoms with van der Waals surface area (Å²) in [6.07, 6.45) is 1.16. The molecule has 0 spiro atoms. The van der Waals surface area contributed by atoms with Gasteiger partial charge in [-0.1, -0.05) is 54.4 Å². The summed E-state index contributed by atoms with van der Waals surface area (Å²) in [6, 6.07) is 22.5. The lowest BCUT2D eigenvalue weighted by atomic mass is 10.2. The molecule has 0 aliphatic rings. The minimum atomic E-state index is 0.676. The molecule has 1 N–H and O–H groups in total. The number of rotatable bonds is 9. The Balaban J connectivity index is 1.61. The van der Waals surface area contributed by atoms with Crippen LogP contribution in [0.1, 0.15) is 30.3 Å². The lowest BCUT2D eigenvalue weighted by molar-refractivity contribution is 0.628. The molecule has 1 aromatic heterocycles. The number of thioether (sulfide) groups is 1. The van der Waals surface area contributed by atoms with Gasteiger partial charge in [0.15, 0.2) is 0 Å². The second-order valence-corrected chi connectivity index (χ2v) is 9.51. The number of nitrogens with zero attached hydrogens (tertiary/aromatic N) is 2. The molecule has 0 saturated carbocycles. The third-order valence-electron chi connectivity index (χ3n) is 5.03. The van der Waals surface area contributed by atoms with E-state index in [1.54, 1.807) is 0 Å². The van der Waals surface area contributed by atoms with Crippen LogP contribution in [-0.2, 0) is 19.6 Å². The Morgan fingerprint density at radius 3 is 2.52 bits per heavy atom. The van der Waals surface area contributed by atoms with Crippen molar-refractivity contribution in [1.82, 2.24) is 14.9 Å². The molecule has 0 radical (unpaired) electrons. The van der Waals surface area contributed by atoms with Gasteiger partial charge in [-0.05, 0) is 65.8 Å². The van der Waals surface area contributed by atoms with Crippen LogP contribution in [0.2, 0.25) is 10.0 Å². The highest BCUT2D eigenvalue weighted by atomic mass is 35.5. The summed E-state index contributed by atoms with van der Waals surface area (Å²) in [5.41, 5.74) is 4.54. The minimum Gasteiger partial charge on any atom is -0.322 e. The summed E-state index contributed by atoms with van der Waals surface area (Å²) >= 11 is 14.1. The molecule has 3 nitrogen and oxygen atoms in total. The van der Waals surface area contributed by atoms with Crippen LogP contribution in [0.5, 0.6) is 0 Å². The number of hydrogen-bond acceptors (Lipinski definition) is 3. The van der Waals surface area contributed by atoms with E-state index in [2.05, 4.69) is 41.1 Å². The van der Waals surface area contributed by atoms with Crippen molar-refractivity contribution in [2.75, 3.05) is 5.75 Å². The molecule has 0 unspecified atom stereocenters. The second kappa shape index (κ2) is 10.6. The smallest absolute Gasteiger partial charge is 0.124 e. The van der Waals surface area contributed by atoms with Crippen LogP contribution in [0, 0.1) is 0 Å². The van der Waals surface area contributed by atoms with Crippen molar-refractivity contribution >= 4 is 46.0 Å². The van der Waals surface area contributed by atoms with Crippen molar-refractivity contribution in [2.24, 2.45) is 0 Å². The molecule has 0 aliphatic carbocycles. The Bertz CT molecular complexity index is 1160. The molecule has 6 heteroatoms.